The lowest BCUT2D eigenvalue weighted by atomic mass is 9.76. The quantitative estimate of drug-likeness (QED) is 0.633. The van der Waals surface area contributed by atoms with Crippen molar-refractivity contribution in [1.82, 2.24) is 5.43 Å². The summed E-state index contributed by atoms with van der Waals surface area (Å²) in [5.74, 6) is 7.42. The first-order chi connectivity index (χ1) is 9.15. The number of hydrogen-bond acceptors (Lipinski definition) is 2. The zero-order chi connectivity index (χ0) is 13.8. The molecule has 0 heterocycles. The number of nitrogens with one attached hydrogen (secondary N) is 1. The van der Waals surface area contributed by atoms with Crippen LogP contribution in [-0.2, 0) is 0 Å². The fourth-order valence-electron chi connectivity index (χ4n) is 3.24. The molecule has 1 unspecified atom stereocenters. The highest BCUT2D eigenvalue weighted by Gasteiger charge is 2.27. The van der Waals surface area contributed by atoms with E-state index >= 15 is 0 Å². The summed E-state index contributed by atoms with van der Waals surface area (Å²) in [5.41, 5.74) is 5.62. The molecule has 1 aliphatic carbocycles. The van der Waals surface area contributed by atoms with Gasteiger partial charge in [0, 0.05) is 10.5 Å². The highest BCUT2D eigenvalue weighted by Crippen LogP contribution is 2.38. The highest BCUT2D eigenvalue weighted by molar-refractivity contribution is 9.10. The van der Waals surface area contributed by atoms with E-state index in [1.54, 1.807) is 0 Å². The Bertz CT molecular complexity index is 411. The molecule has 19 heavy (non-hydrogen) atoms. The first-order valence-corrected chi connectivity index (χ1v) is 8.17. The number of aryl methyl sites for hydroxylation is 1. The molecule has 0 amide bonds. The summed E-state index contributed by atoms with van der Waals surface area (Å²) in [4.78, 5) is 0. The number of hydrogen-bond donors (Lipinski definition) is 2. The Morgan fingerprint density at radius 1 is 1.32 bits per heavy atom. The maximum Gasteiger partial charge on any atom is 0.0488 e. The van der Waals surface area contributed by atoms with Crippen molar-refractivity contribution in [3.63, 3.8) is 0 Å². The van der Waals surface area contributed by atoms with Gasteiger partial charge in [0.2, 0.25) is 0 Å². The van der Waals surface area contributed by atoms with E-state index in [0.717, 1.165) is 5.92 Å². The minimum atomic E-state index is 0.287. The van der Waals surface area contributed by atoms with Gasteiger partial charge in [-0.05, 0) is 48.8 Å². The Balaban J connectivity index is 2.09. The zero-order valence-electron chi connectivity index (χ0n) is 12.0. The van der Waals surface area contributed by atoms with Crippen LogP contribution < -0.4 is 11.3 Å². The predicted octanol–water partition coefficient (Wildman–Crippen LogP) is 4.48. The van der Waals surface area contributed by atoms with Crippen LogP contribution in [0, 0.1) is 18.8 Å². The van der Waals surface area contributed by atoms with Crippen molar-refractivity contribution in [1.29, 1.82) is 0 Å². The molecule has 3 heteroatoms. The monoisotopic (exact) mass is 324 g/mol. The summed E-state index contributed by atoms with van der Waals surface area (Å²) in [6.45, 7) is 4.42. The molecule has 0 bridgehead atoms. The molecule has 0 aliphatic heterocycles. The van der Waals surface area contributed by atoms with E-state index in [4.69, 9.17) is 5.84 Å². The van der Waals surface area contributed by atoms with E-state index in [-0.39, 0.29) is 6.04 Å². The molecule has 0 radical (unpaired) electrons. The Kier molecular flexibility index (Phi) is 5.43. The molecule has 1 fully saturated rings. The van der Waals surface area contributed by atoms with Gasteiger partial charge in [0.05, 0.1) is 0 Å². The van der Waals surface area contributed by atoms with Crippen LogP contribution in [-0.4, -0.2) is 0 Å². The average molecular weight is 325 g/mol. The number of nitrogens with two attached hydrogens (primary N) is 1. The summed E-state index contributed by atoms with van der Waals surface area (Å²) in [5, 5.41) is 0. The van der Waals surface area contributed by atoms with Gasteiger partial charge in [0.1, 0.15) is 0 Å². The second-order valence-corrected chi connectivity index (χ2v) is 6.70. The maximum atomic E-state index is 5.83. The first kappa shape index (κ1) is 15.0. The molecule has 0 saturated heterocycles. The maximum absolute atomic E-state index is 5.83. The second kappa shape index (κ2) is 6.87. The van der Waals surface area contributed by atoms with Crippen LogP contribution in [0.15, 0.2) is 22.7 Å². The first-order valence-electron chi connectivity index (χ1n) is 7.37. The summed E-state index contributed by atoms with van der Waals surface area (Å²) in [6, 6.07) is 6.87. The van der Waals surface area contributed by atoms with Gasteiger partial charge in [-0.3, -0.25) is 11.3 Å². The molecule has 2 rings (SSSR count). The molecular weight excluding hydrogens is 300 g/mol. The van der Waals surface area contributed by atoms with Gasteiger partial charge < -0.3 is 0 Å². The fourth-order valence-corrected chi connectivity index (χ4v) is 3.63. The molecule has 2 nitrogen and oxygen atoms in total. The molecule has 1 aromatic rings. The molecule has 1 aromatic carbocycles. The van der Waals surface area contributed by atoms with Gasteiger partial charge >= 0.3 is 0 Å². The summed E-state index contributed by atoms with van der Waals surface area (Å²) in [7, 11) is 0. The number of rotatable bonds is 4. The van der Waals surface area contributed by atoms with E-state index in [0.29, 0.717) is 5.92 Å². The standard InChI is InChI=1S/C16H25BrN2/c1-3-12-5-8-13(9-6-12)16(19-18)14-7-4-11(2)15(17)10-14/h4,7,10,12-13,16,19H,3,5-6,8-9,18H2,1-2H3. The van der Waals surface area contributed by atoms with E-state index in [1.807, 2.05) is 0 Å². The van der Waals surface area contributed by atoms with Crippen LogP contribution in [0.4, 0.5) is 0 Å². The van der Waals surface area contributed by atoms with Crippen LogP contribution in [0.2, 0.25) is 0 Å². The van der Waals surface area contributed by atoms with Crippen molar-refractivity contribution in [2.45, 2.75) is 52.0 Å². The predicted molar refractivity (Wildman–Crippen MR) is 84.7 cm³/mol. The molecule has 1 aliphatic rings. The normalized spacial score (nSPS) is 25.3. The van der Waals surface area contributed by atoms with Gasteiger partial charge in [0.25, 0.3) is 0 Å². The average Bonchev–Trinajstić information content (AvgIpc) is 2.44. The largest absolute Gasteiger partial charge is 0.271 e. The van der Waals surface area contributed by atoms with Crippen molar-refractivity contribution < 1.29 is 0 Å². The van der Waals surface area contributed by atoms with Crippen molar-refractivity contribution in [2.24, 2.45) is 17.7 Å². The van der Waals surface area contributed by atoms with E-state index in [1.165, 1.54) is 47.7 Å². The lowest BCUT2D eigenvalue weighted by molar-refractivity contribution is 0.219. The van der Waals surface area contributed by atoms with E-state index in [2.05, 4.69) is 53.4 Å². The lowest BCUT2D eigenvalue weighted by Crippen LogP contribution is -2.35. The second-order valence-electron chi connectivity index (χ2n) is 5.84. The minimum Gasteiger partial charge on any atom is -0.271 e. The van der Waals surface area contributed by atoms with Crippen LogP contribution >= 0.6 is 15.9 Å². The molecule has 0 spiro atoms. The van der Waals surface area contributed by atoms with Crippen LogP contribution in [0.5, 0.6) is 0 Å². The molecule has 3 N–H and O–H groups in total. The minimum absolute atomic E-state index is 0.287. The lowest BCUT2D eigenvalue weighted by Gasteiger charge is -2.33. The van der Waals surface area contributed by atoms with Crippen LogP contribution in [0.3, 0.4) is 0 Å². The summed E-state index contributed by atoms with van der Waals surface area (Å²) < 4.78 is 1.17. The van der Waals surface area contributed by atoms with Gasteiger partial charge in [-0.2, -0.15) is 0 Å². The van der Waals surface area contributed by atoms with E-state index < -0.39 is 0 Å². The number of hydrazine groups is 1. The van der Waals surface area contributed by atoms with Gasteiger partial charge in [-0.1, -0.05) is 54.2 Å². The molecule has 0 aromatic heterocycles. The summed E-state index contributed by atoms with van der Waals surface area (Å²) in [6.07, 6.45) is 6.61. The van der Waals surface area contributed by atoms with Crippen LogP contribution in [0.25, 0.3) is 0 Å². The van der Waals surface area contributed by atoms with Gasteiger partial charge in [-0.25, -0.2) is 0 Å². The summed E-state index contributed by atoms with van der Waals surface area (Å²) >= 11 is 3.62. The Morgan fingerprint density at radius 3 is 2.53 bits per heavy atom. The Labute approximate surface area is 125 Å². The zero-order valence-corrected chi connectivity index (χ0v) is 13.5. The third-order valence-corrected chi connectivity index (χ3v) is 5.53. The van der Waals surface area contributed by atoms with Crippen molar-refractivity contribution in [3.05, 3.63) is 33.8 Å². The SMILES string of the molecule is CCC1CCC(C(NN)c2ccc(C)c(Br)c2)CC1. The van der Waals surface area contributed by atoms with Gasteiger partial charge in [-0.15, -0.1) is 0 Å². The molecule has 1 atom stereocenters. The number of halogens is 1. The highest BCUT2D eigenvalue weighted by atomic mass is 79.9. The van der Waals surface area contributed by atoms with Crippen molar-refractivity contribution >= 4 is 15.9 Å². The topological polar surface area (TPSA) is 38.0 Å². The molecule has 106 valence electrons. The molecule has 1 saturated carbocycles. The van der Waals surface area contributed by atoms with Crippen LogP contribution in [0.1, 0.15) is 56.2 Å². The number of benzene rings is 1. The fraction of sp³-hybridized carbons (Fsp3) is 0.625. The van der Waals surface area contributed by atoms with Crippen molar-refractivity contribution in [2.75, 3.05) is 0 Å². The Hall–Kier alpha value is -0.380. The van der Waals surface area contributed by atoms with Gasteiger partial charge in [0.15, 0.2) is 0 Å². The molecular formula is C16H25BrN2. The Morgan fingerprint density at radius 2 is 2.00 bits per heavy atom. The smallest absolute Gasteiger partial charge is 0.0488 e. The van der Waals surface area contributed by atoms with E-state index in [9.17, 15) is 0 Å². The van der Waals surface area contributed by atoms with Crippen molar-refractivity contribution in [3.8, 4) is 0 Å². The third kappa shape index (κ3) is 3.59. The third-order valence-electron chi connectivity index (χ3n) is 4.67.